The van der Waals surface area contributed by atoms with Crippen LogP contribution >= 0.6 is 11.8 Å². The van der Waals surface area contributed by atoms with Crippen molar-refractivity contribution >= 4 is 39.4 Å². The average Bonchev–Trinajstić information content (AvgIpc) is 3.26. The minimum atomic E-state index is -0.794. The number of aliphatic carboxylic acids is 1. The summed E-state index contributed by atoms with van der Waals surface area (Å²) < 4.78 is 5.45. The number of ether oxygens (including phenoxy) is 1. The Bertz CT molecular complexity index is 871. The second-order valence-electron chi connectivity index (χ2n) is 7.39. The number of aromatic amines is 1. The number of aliphatic imine (C=N–C) groups is 1. The normalized spacial score (nSPS) is 20.8. The number of hydrogen-bond donors (Lipinski definition) is 3. The van der Waals surface area contributed by atoms with Crippen LogP contribution in [0.1, 0.15) is 30.5 Å². The van der Waals surface area contributed by atoms with Gasteiger partial charge in [-0.3, -0.25) is 9.79 Å². The number of benzene rings is 1. The highest BCUT2D eigenvalue weighted by Crippen LogP contribution is 2.31. The lowest BCUT2D eigenvalue weighted by Crippen LogP contribution is -2.22. The number of anilines is 1. The summed E-state index contributed by atoms with van der Waals surface area (Å²) in [5.41, 5.74) is 4.40. The van der Waals surface area contributed by atoms with E-state index in [1.165, 1.54) is 5.56 Å². The molecular formula is C20H25N3O3S. The Morgan fingerprint density at radius 2 is 2.19 bits per heavy atom. The van der Waals surface area contributed by atoms with E-state index in [1.54, 1.807) is 11.8 Å². The second-order valence-corrected chi connectivity index (χ2v) is 8.40. The minimum Gasteiger partial charge on any atom is -0.481 e. The van der Waals surface area contributed by atoms with Gasteiger partial charge in [-0.2, -0.15) is 0 Å². The molecule has 1 fully saturated rings. The van der Waals surface area contributed by atoms with Gasteiger partial charge in [0.1, 0.15) is 5.04 Å². The third-order valence-electron chi connectivity index (χ3n) is 5.15. The topological polar surface area (TPSA) is 86.7 Å². The SMILES string of the molecule is Cc1cc(NCC2CCOCC2)c2[nH]c(C3=NC(CC(=O)O)CS3)cc2c1. The number of H-pyrrole nitrogens is 1. The molecule has 1 saturated heterocycles. The molecule has 3 heterocycles. The van der Waals surface area contributed by atoms with Gasteiger partial charge in [0.05, 0.1) is 29.4 Å². The lowest BCUT2D eigenvalue weighted by molar-refractivity contribution is -0.137. The predicted octanol–water partition coefficient (Wildman–Crippen LogP) is 3.65. The molecule has 7 heteroatoms. The molecule has 6 nitrogen and oxygen atoms in total. The third kappa shape index (κ3) is 4.30. The summed E-state index contributed by atoms with van der Waals surface area (Å²) in [6.07, 6.45) is 2.31. The molecule has 2 aliphatic heterocycles. The standard InChI is InChI=1S/C20H25N3O3S/c1-12-6-14-8-17(20-22-15(11-27-20)9-18(24)25)23-19(14)16(7-12)21-10-13-2-4-26-5-3-13/h6-8,13,15,21,23H,2-5,9-11H2,1H3,(H,24,25). The molecule has 0 radical (unpaired) electrons. The first-order valence-electron chi connectivity index (χ1n) is 9.46. The van der Waals surface area contributed by atoms with Crippen molar-refractivity contribution in [3.05, 3.63) is 29.5 Å². The molecule has 4 rings (SSSR count). The van der Waals surface area contributed by atoms with Crippen molar-refractivity contribution in [2.24, 2.45) is 10.9 Å². The van der Waals surface area contributed by atoms with Gasteiger partial charge in [-0.15, -0.1) is 11.8 Å². The summed E-state index contributed by atoms with van der Waals surface area (Å²) in [7, 11) is 0. The van der Waals surface area contributed by atoms with Gasteiger partial charge < -0.3 is 20.1 Å². The van der Waals surface area contributed by atoms with Crippen LogP contribution in [0.2, 0.25) is 0 Å². The molecule has 27 heavy (non-hydrogen) atoms. The summed E-state index contributed by atoms with van der Waals surface area (Å²) in [5, 5.41) is 14.7. The third-order valence-corrected chi connectivity index (χ3v) is 6.30. The highest BCUT2D eigenvalue weighted by Gasteiger charge is 2.23. The summed E-state index contributed by atoms with van der Waals surface area (Å²) in [6, 6.07) is 6.33. The van der Waals surface area contributed by atoms with E-state index in [2.05, 4.69) is 40.4 Å². The van der Waals surface area contributed by atoms with E-state index in [1.807, 2.05) is 0 Å². The average molecular weight is 388 g/mol. The van der Waals surface area contributed by atoms with E-state index < -0.39 is 5.97 Å². The van der Waals surface area contributed by atoms with Crippen LogP contribution in [0.25, 0.3) is 10.9 Å². The molecule has 1 aromatic carbocycles. The van der Waals surface area contributed by atoms with Crippen LogP contribution in [0.3, 0.4) is 0 Å². The lowest BCUT2D eigenvalue weighted by atomic mass is 10.0. The number of fused-ring (bicyclic) bond motifs is 1. The van der Waals surface area contributed by atoms with Crippen molar-refractivity contribution in [1.29, 1.82) is 0 Å². The Morgan fingerprint density at radius 1 is 1.37 bits per heavy atom. The smallest absolute Gasteiger partial charge is 0.305 e. The molecule has 3 N–H and O–H groups in total. The van der Waals surface area contributed by atoms with Gasteiger partial charge in [0.2, 0.25) is 0 Å². The minimum absolute atomic E-state index is 0.0910. The molecule has 2 aromatic rings. The molecule has 0 aliphatic carbocycles. The molecule has 1 atom stereocenters. The van der Waals surface area contributed by atoms with E-state index in [0.29, 0.717) is 5.92 Å². The summed E-state index contributed by atoms with van der Waals surface area (Å²) in [6.45, 7) is 4.77. The zero-order valence-corrected chi connectivity index (χ0v) is 16.3. The molecule has 0 spiro atoms. The number of rotatable bonds is 6. The van der Waals surface area contributed by atoms with Gasteiger partial charge in [0.15, 0.2) is 0 Å². The fourth-order valence-corrected chi connectivity index (χ4v) is 4.75. The predicted molar refractivity (Wildman–Crippen MR) is 110 cm³/mol. The summed E-state index contributed by atoms with van der Waals surface area (Å²) >= 11 is 1.63. The zero-order chi connectivity index (χ0) is 18.8. The monoisotopic (exact) mass is 387 g/mol. The first kappa shape index (κ1) is 18.4. The molecular weight excluding hydrogens is 362 g/mol. The Morgan fingerprint density at radius 3 is 2.96 bits per heavy atom. The first-order valence-corrected chi connectivity index (χ1v) is 10.4. The molecule has 0 bridgehead atoms. The number of hydrogen-bond acceptors (Lipinski definition) is 5. The molecule has 0 saturated carbocycles. The van der Waals surface area contributed by atoms with Crippen LogP contribution < -0.4 is 5.32 Å². The van der Waals surface area contributed by atoms with E-state index in [9.17, 15) is 4.79 Å². The maximum absolute atomic E-state index is 10.9. The van der Waals surface area contributed by atoms with Crippen molar-refractivity contribution < 1.29 is 14.6 Å². The number of carboxylic acids is 1. The van der Waals surface area contributed by atoms with Crippen LogP contribution in [0, 0.1) is 12.8 Å². The van der Waals surface area contributed by atoms with Crippen LogP contribution in [-0.4, -0.2) is 52.7 Å². The highest BCUT2D eigenvalue weighted by atomic mass is 32.2. The van der Waals surface area contributed by atoms with Crippen LogP contribution in [0.15, 0.2) is 23.2 Å². The number of nitrogens with one attached hydrogen (secondary N) is 2. The number of carbonyl (C=O) groups is 1. The largest absolute Gasteiger partial charge is 0.481 e. The maximum atomic E-state index is 10.9. The molecule has 0 amide bonds. The molecule has 1 aromatic heterocycles. The fourth-order valence-electron chi connectivity index (χ4n) is 3.72. The number of aromatic nitrogens is 1. The maximum Gasteiger partial charge on any atom is 0.305 e. The molecule has 144 valence electrons. The van der Waals surface area contributed by atoms with Crippen LogP contribution in [0.4, 0.5) is 5.69 Å². The number of nitrogens with zero attached hydrogens (tertiary/aromatic N) is 1. The summed E-state index contributed by atoms with van der Waals surface area (Å²) in [5.74, 6) is 0.581. The zero-order valence-electron chi connectivity index (χ0n) is 15.5. The van der Waals surface area contributed by atoms with E-state index in [4.69, 9.17) is 9.84 Å². The Labute approximate surface area is 162 Å². The number of aryl methyl sites for hydroxylation is 1. The van der Waals surface area contributed by atoms with Crippen molar-refractivity contribution in [2.45, 2.75) is 32.2 Å². The fraction of sp³-hybridized carbons (Fsp3) is 0.500. The van der Waals surface area contributed by atoms with Gasteiger partial charge >= 0.3 is 5.97 Å². The molecule has 2 aliphatic rings. The van der Waals surface area contributed by atoms with Gasteiger partial charge in [-0.05, 0) is 49.4 Å². The van der Waals surface area contributed by atoms with Crippen molar-refractivity contribution in [3.8, 4) is 0 Å². The van der Waals surface area contributed by atoms with Crippen molar-refractivity contribution in [3.63, 3.8) is 0 Å². The lowest BCUT2D eigenvalue weighted by Gasteiger charge is -2.23. The Kier molecular flexibility index (Phi) is 5.41. The van der Waals surface area contributed by atoms with E-state index >= 15 is 0 Å². The Balaban J connectivity index is 1.55. The molecule has 1 unspecified atom stereocenters. The van der Waals surface area contributed by atoms with Crippen LogP contribution in [0.5, 0.6) is 0 Å². The van der Waals surface area contributed by atoms with Crippen molar-refractivity contribution in [2.75, 3.05) is 30.8 Å². The van der Waals surface area contributed by atoms with Crippen molar-refractivity contribution in [1.82, 2.24) is 4.98 Å². The second kappa shape index (κ2) is 7.94. The number of carboxylic acid groups (broad SMARTS) is 1. The Hall–Kier alpha value is -1.99. The first-order chi connectivity index (χ1) is 13.1. The van der Waals surface area contributed by atoms with Gasteiger partial charge in [0, 0.05) is 30.9 Å². The summed E-state index contributed by atoms with van der Waals surface area (Å²) in [4.78, 5) is 19.0. The van der Waals surface area contributed by atoms with E-state index in [-0.39, 0.29) is 12.5 Å². The quantitative estimate of drug-likeness (QED) is 0.704. The van der Waals surface area contributed by atoms with Crippen LogP contribution in [-0.2, 0) is 9.53 Å². The highest BCUT2D eigenvalue weighted by molar-refractivity contribution is 8.14. The van der Waals surface area contributed by atoms with Gasteiger partial charge in [0.25, 0.3) is 0 Å². The van der Waals surface area contributed by atoms with E-state index in [0.717, 1.165) is 65.7 Å². The number of thioether (sulfide) groups is 1. The van der Waals surface area contributed by atoms with Gasteiger partial charge in [-0.1, -0.05) is 0 Å². The van der Waals surface area contributed by atoms with Gasteiger partial charge in [-0.25, -0.2) is 0 Å².